The van der Waals surface area contributed by atoms with Gasteiger partial charge in [0.05, 0.1) is 6.61 Å². The van der Waals surface area contributed by atoms with Crippen molar-refractivity contribution in [2.45, 2.75) is 45.1 Å². The van der Waals surface area contributed by atoms with Crippen molar-refractivity contribution in [1.82, 2.24) is 10.3 Å². The van der Waals surface area contributed by atoms with Gasteiger partial charge in [-0.15, -0.1) is 0 Å². The fourth-order valence-electron chi connectivity index (χ4n) is 6.55. The van der Waals surface area contributed by atoms with Crippen molar-refractivity contribution in [2.75, 3.05) is 25.6 Å². The van der Waals surface area contributed by atoms with Gasteiger partial charge >= 0.3 is 0 Å². The van der Waals surface area contributed by atoms with E-state index in [2.05, 4.69) is 15.6 Å². The van der Waals surface area contributed by atoms with Gasteiger partial charge in [0.15, 0.2) is 0 Å². The quantitative estimate of drug-likeness (QED) is 0.544. The number of nitrogens with zero attached hydrogens (tertiary/aromatic N) is 1. The Labute approximate surface area is 200 Å². The molecule has 6 rings (SSSR count). The maximum atomic E-state index is 13.2. The summed E-state index contributed by atoms with van der Waals surface area (Å²) < 4.78 is 10.6. The van der Waals surface area contributed by atoms with E-state index in [0.717, 1.165) is 42.6 Å². The van der Waals surface area contributed by atoms with Gasteiger partial charge in [0.25, 0.3) is 5.91 Å². The highest BCUT2D eigenvalue weighted by Crippen LogP contribution is 2.60. The zero-order valence-corrected chi connectivity index (χ0v) is 19.7. The van der Waals surface area contributed by atoms with Crippen molar-refractivity contribution >= 4 is 17.5 Å². The van der Waals surface area contributed by atoms with Crippen molar-refractivity contribution < 1.29 is 19.1 Å². The molecular weight excluding hydrogens is 430 g/mol. The standard InChI is InChI=1S/C27H33N3O4/c1-33-9-10-34-25-23(3-2-8-28-25)30-24(31)22-6-4-18(5-7-22)17-29-26(32)27-14-19-11-20(15-27)13-21(12-19)16-27/h2-8,19-21H,9-17H2,1H3,(H,29,32)(H,30,31). The van der Waals surface area contributed by atoms with E-state index in [0.29, 0.717) is 36.9 Å². The Balaban J connectivity index is 1.16. The predicted octanol–water partition coefficient (Wildman–Crippen LogP) is 4.19. The lowest BCUT2D eigenvalue weighted by atomic mass is 9.49. The molecule has 0 unspecified atom stereocenters. The third kappa shape index (κ3) is 4.80. The van der Waals surface area contributed by atoms with E-state index >= 15 is 0 Å². The molecule has 2 N–H and O–H groups in total. The molecule has 34 heavy (non-hydrogen) atoms. The molecule has 0 saturated heterocycles. The van der Waals surface area contributed by atoms with Crippen molar-refractivity contribution in [3.63, 3.8) is 0 Å². The summed E-state index contributed by atoms with van der Waals surface area (Å²) >= 11 is 0. The minimum Gasteiger partial charge on any atom is -0.474 e. The van der Waals surface area contributed by atoms with Crippen molar-refractivity contribution in [1.29, 1.82) is 0 Å². The van der Waals surface area contributed by atoms with Gasteiger partial charge in [-0.1, -0.05) is 12.1 Å². The summed E-state index contributed by atoms with van der Waals surface area (Å²) in [4.78, 5) is 30.1. The highest BCUT2D eigenvalue weighted by molar-refractivity contribution is 6.04. The van der Waals surface area contributed by atoms with E-state index in [1.807, 2.05) is 12.1 Å². The van der Waals surface area contributed by atoms with E-state index in [1.54, 1.807) is 37.6 Å². The number of aromatic nitrogens is 1. The summed E-state index contributed by atoms with van der Waals surface area (Å²) in [7, 11) is 1.60. The predicted molar refractivity (Wildman–Crippen MR) is 128 cm³/mol. The van der Waals surface area contributed by atoms with Crippen LogP contribution < -0.4 is 15.4 Å². The molecule has 1 heterocycles. The average Bonchev–Trinajstić information content (AvgIpc) is 2.83. The van der Waals surface area contributed by atoms with Gasteiger partial charge < -0.3 is 20.1 Å². The number of anilines is 1. The lowest BCUT2D eigenvalue weighted by molar-refractivity contribution is -0.146. The Morgan fingerprint density at radius 2 is 1.68 bits per heavy atom. The molecule has 4 saturated carbocycles. The molecule has 180 valence electrons. The molecule has 2 aromatic rings. The highest BCUT2D eigenvalue weighted by Gasteiger charge is 2.54. The Bertz CT molecular complexity index is 1000. The van der Waals surface area contributed by atoms with Gasteiger partial charge in [-0.3, -0.25) is 9.59 Å². The zero-order valence-electron chi connectivity index (χ0n) is 19.7. The number of methoxy groups -OCH3 is 1. The lowest BCUT2D eigenvalue weighted by Gasteiger charge is -2.55. The number of amides is 2. The summed E-state index contributed by atoms with van der Waals surface area (Å²) in [5.41, 5.74) is 1.89. The Kier molecular flexibility index (Phi) is 6.55. The maximum absolute atomic E-state index is 13.2. The highest BCUT2D eigenvalue weighted by atomic mass is 16.5. The van der Waals surface area contributed by atoms with Crippen LogP contribution in [-0.2, 0) is 16.1 Å². The maximum Gasteiger partial charge on any atom is 0.255 e. The third-order valence-electron chi connectivity index (χ3n) is 7.73. The smallest absolute Gasteiger partial charge is 0.255 e. The van der Waals surface area contributed by atoms with Gasteiger partial charge in [0.2, 0.25) is 11.8 Å². The van der Waals surface area contributed by atoms with Crippen LogP contribution in [0.5, 0.6) is 5.88 Å². The monoisotopic (exact) mass is 463 g/mol. The molecule has 4 aliphatic rings. The van der Waals surface area contributed by atoms with Gasteiger partial charge in [-0.25, -0.2) is 4.98 Å². The normalized spacial score (nSPS) is 26.8. The van der Waals surface area contributed by atoms with Gasteiger partial charge in [0, 0.05) is 30.8 Å². The molecular formula is C27H33N3O4. The van der Waals surface area contributed by atoms with Crippen LogP contribution in [0.2, 0.25) is 0 Å². The third-order valence-corrected chi connectivity index (χ3v) is 7.73. The van der Waals surface area contributed by atoms with E-state index in [1.165, 1.54) is 19.3 Å². The van der Waals surface area contributed by atoms with Crippen LogP contribution in [0.25, 0.3) is 0 Å². The second-order valence-electron chi connectivity index (χ2n) is 10.2. The number of carbonyl (C=O) groups is 2. The zero-order chi connectivity index (χ0) is 23.5. The SMILES string of the molecule is COCCOc1ncccc1NC(=O)c1ccc(CNC(=O)C23CC4CC(CC(C4)C2)C3)cc1. The number of ether oxygens (including phenoxy) is 2. The molecule has 1 aromatic carbocycles. The van der Waals surface area contributed by atoms with Crippen molar-refractivity contribution in [3.05, 3.63) is 53.7 Å². The first-order chi connectivity index (χ1) is 16.5. The van der Waals surface area contributed by atoms with E-state index in [9.17, 15) is 9.59 Å². The van der Waals surface area contributed by atoms with E-state index in [4.69, 9.17) is 9.47 Å². The first-order valence-corrected chi connectivity index (χ1v) is 12.3. The number of hydrogen-bond acceptors (Lipinski definition) is 5. The number of rotatable bonds is 9. The van der Waals surface area contributed by atoms with Crippen LogP contribution in [-0.4, -0.2) is 37.1 Å². The second-order valence-corrected chi connectivity index (χ2v) is 10.2. The van der Waals surface area contributed by atoms with Crippen LogP contribution in [0.4, 0.5) is 5.69 Å². The van der Waals surface area contributed by atoms with Crippen molar-refractivity contribution in [2.24, 2.45) is 23.2 Å². The summed E-state index contributed by atoms with van der Waals surface area (Å²) in [5, 5.41) is 6.06. The molecule has 4 bridgehead atoms. The van der Waals surface area contributed by atoms with E-state index in [-0.39, 0.29) is 17.2 Å². The Morgan fingerprint density at radius 3 is 2.32 bits per heavy atom. The first kappa shape index (κ1) is 22.8. The second kappa shape index (κ2) is 9.74. The molecule has 1 aromatic heterocycles. The molecule has 0 radical (unpaired) electrons. The van der Waals surface area contributed by atoms with E-state index < -0.39 is 0 Å². The fraction of sp³-hybridized carbons (Fsp3) is 0.519. The van der Waals surface area contributed by atoms with Crippen LogP contribution in [0.3, 0.4) is 0 Å². The molecule has 7 nitrogen and oxygen atoms in total. The number of hydrogen-bond donors (Lipinski definition) is 2. The summed E-state index contributed by atoms with van der Waals surface area (Å²) in [6.45, 7) is 1.27. The largest absolute Gasteiger partial charge is 0.474 e. The number of carbonyl (C=O) groups excluding carboxylic acids is 2. The number of pyridine rings is 1. The molecule has 7 heteroatoms. The van der Waals surface area contributed by atoms with Crippen LogP contribution in [0, 0.1) is 23.2 Å². The fourth-order valence-corrected chi connectivity index (χ4v) is 6.55. The average molecular weight is 464 g/mol. The lowest BCUT2D eigenvalue weighted by Crippen LogP contribution is -2.53. The molecule has 4 fully saturated rings. The van der Waals surface area contributed by atoms with Gasteiger partial charge in [0.1, 0.15) is 12.3 Å². The number of benzene rings is 1. The van der Waals surface area contributed by atoms with Crippen LogP contribution in [0.15, 0.2) is 42.6 Å². The molecule has 2 amide bonds. The van der Waals surface area contributed by atoms with Crippen LogP contribution >= 0.6 is 0 Å². The van der Waals surface area contributed by atoms with Crippen LogP contribution in [0.1, 0.15) is 54.4 Å². The Hall–Kier alpha value is -2.93. The topological polar surface area (TPSA) is 89.6 Å². The minimum atomic E-state index is -0.242. The molecule has 4 aliphatic carbocycles. The number of nitrogens with one attached hydrogen (secondary N) is 2. The summed E-state index contributed by atoms with van der Waals surface area (Å²) in [5.74, 6) is 2.60. The first-order valence-electron chi connectivity index (χ1n) is 12.3. The molecule has 0 spiro atoms. The van der Waals surface area contributed by atoms with Gasteiger partial charge in [-0.05, 0) is 86.1 Å². The molecule has 0 aliphatic heterocycles. The summed E-state index contributed by atoms with van der Waals surface area (Å²) in [6.07, 6.45) is 8.80. The molecule has 0 atom stereocenters. The van der Waals surface area contributed by atoms with Crippen molar-refractivity contribution in [3.8, 4) is 5.88 Å². The van der Waals surface area contributed by atoms with Gasteiger partial charge in [-0.2, -0.15) is 0 Å². The summed E-state index contributed by atoms with van der Waals surface area (Å²) in [6, 6.07) is 10.9. The Morgan fingerprint density at radius 1 is 1.00 bits per heavy atom. The minimum absolute atomic E-state index is 0.138.